The molecular formula is C21H19N3O5. The zero-order chi connectivity index (χ0) is 20.8. The van der Waals surface area contributed by atoms with Gasteiger partial charge < -0.3 is 14.5 Å². The Bertz CT molecular complexity index is 1070. The molecule has 3 rings (SSSR count). The maximum Gasteiger partial charge on any atom is 0.331 e. The number of aromatic nitrogens is 1. The lowest BCUT2D eigenvalue weighted by Crippen LogP contribution is -2.37. The van der Waals surface area contributed by atoms with Crippen molar-refractivity contribution in [1.29, 1.82) is 0 Å². The number of imide groups is 1. The monoisotopic (exact) mass is 393 g/mol. The number of aryl methyl sites for hydroxylation is 2. The molecule has 0 bridgehead atoms. The van der Waals surface area contributed by atoms with Crippen molar-refractivity contribution in [1.82, 2.24) is 10.3 Å². The number of rotatable bonds is 5. The van der Waals surface area contributed by atoms with Gasteiger partial charge in [0.05, 0.1) is 0 Å². The third-order valence-electron chi connectivity index (χ3n) is 3.90. The van der Waals surface area contributed by atoms with Gasteiger partial charge in [-0.1, -0.05) is 29.8 Å². The van der Waals surface area contributed by atoms with Crippen molar-refractivity contribution in [3.63, 3.8) is 0 Å². The number of urea groups is 1. The molecule has 0 saturated carbocycles. The second-order valence-corrected chi connectivity index (χ2v) is 6.28. The maximum absolute atomic E-state index is 11.9. The second kappa shape index (κ2) is 8.83. The number of fused-ring (bicyclic) bond motifs is 1. The largest absolute Gasteiger partial charge is 0.452 e. The van der Waals surface area contributed by atoms with Crippen LogP contribution in [0.25, 0.3) is 17.2 Å². The molecule has 3 aromatic rings. The number of anilines is 1. The van der Waals surface area contributed by atoms with Crippen LogP contribution >= 0.6 is 0 Å². The first-order valence-electron chi connectivity index (χ1n) is 8.79. The number of para-hydroxylation sites is 2. The van der Waals surface area contributed by atoms with E-state index in [4.69, 9.17) is 9.15 Å². The Hall–Kier alpha value is -3.94. The molecule has 148 valence electrons. The van der Waals surface area contributed by atoms with E-state index in [-0.39, 0.29) is 5.89 Å². The molecule has 2 aromatic carbocycles. The number of hydrogen-bond donors (Lipinski definition) is 2. The summed E-state index contributed by atoms with van der Waals surface area (Å²) in [6.45, 7) is 3.18. The van der Waals surface area contributed by atoms with Crippen molar-refractivity contribution in [3.8, 4) is 0 Å². The number of nitrogens with zero attached hydrogens (tertiary/aromatic N) is 1. The van der Waals surface area contributed by atoms with E-state index in [1.807, 2.05) is 38.1 Å². The number of esters is 1. The minimum Gasteiger partial charge on any atom is -0.452 e. The van der Waals surface area contributed by atoms with Gasteiger partial charge in [0.25, 0.3) is 5.91 Å². The lowest BCUT2D eigenvalue weighted by molar-refractivity contribution is -0.143. The lowest BCUT2D eigenvalue weighted by atomic mass is 10.1. The quantitative estimate of drug-likeness (QED) is 0.508. The summed E-state index contributed by atoms with van der Waals surface area (Å²) in [5.41, 5.74) is 3.76. The van der Waals surface area contributed by atoms with Crippen LogP contribution in [0.5, 0.6) is 0 Å². The van der Waals surface area contributed by atoms with Gasteiger partial charge in [0.15, 0.2) is 12.2 Å². The molecule has 0 saturated heterocycles. The molecule has 3 amide bonds. The Morgan fingerprint density at radius 2 is 1.93 bits per heavy atom. The van der Waals surface area contributed by atoms with E-state index in [0.717, 1.165) is 17.2 Å². The highest BCUT2D eigenvalue weighted by Crippen LogP contribution is 2.16. The van der Waals surface area contributed by atoms with Crippen molar-refractivity contribution in [2.75, 3.05) is 11.9 Å². The van der Waals surface area contributed by atoms with Crippen LogP contribution in [0.15, 0.2) is 53.0 Å². The molecule has 8 nitrogen and oxygen atoms in total. The molecule has 8 heteroatoms. The third-order valence-corrected chi connectivity index (χ3v) is 3.90. The summed E-state index contributed by atoms with van der Waals surface area (Å²) in [6.07, 6.45) is 2.43. The third kappa shape index (κ3) is 5.52. The van der Waals surface area contributed by atoms with E-state index in [2.05, 4.69) is 15.6 Å². The Labute approximate surface area is 166 Å². The zero-order valence-corrected chi connectivity index (χ0v) is 15.9. The van der Waals surface area contributed by atoms with Crippen molar-refractivity contribution < 1.29 is 23.5 Å². The number of nitrogens with one attached hydrogen (secondary N) is 2. The standard InChI is InChI=1S/C21H19N3O5/c1-13-7-8-15(14(2)11-13)23-21(27)24-18(25)12-28-20(26)10-9-19-22-16-5-3-4-6-17(16)29-19/h3-11H,12H2,1-2H3,(H2,23,24,25,27)/b10-9+. The predicted octanol–water partition coefficient (Wildman–Crippen LogP) is 3.35. The van der Waals surface area contributed by atoms with Crippen LogP contribution in [0.4, 0.5) is 10.5 Å². The maximum atomic E-state index is 11.9. The fourth-order valence-corrected chi connectivity index (χ4v) is 2.56. The average molecular weight is 393 g/mol. The van der Waals surface area contributed by atoms with Gasteiger partial charge in [-0.15, -0.1) is 0 Å². The average Bonchev–Trinajstić information content (AvgIpc) is 3.10. The minimum atomic E-state index is -0.766. The predicted molar refractivity (Wildman–Crippen MR) is 107 cm³/mol. The summed E-state index contributed by atoms with van der Waals surface area (Å²) >= 11 is 0. The van der Waals surface area contributed by atoms with Gasteiger partial charge >= 0.3 is 12.0 Å². The van der Waals surface area contributed by atoms with Crippen molar-refractivity contribution in [2.45, 2.75) is 13.8 Å². The van der Waals surface area contributed by atoms with Crippen LogP contribution in [0.2, 0.25) is 0 Å². The van der Waals surface area contributed by atoms with Crippen LogP contribution in [-0.2, 0) is 14.3 Å². The van der Waals surface area contributed by atoms with Crippen molar-refractivity contribution >= 4 is 40.8 Å². The molecule has 0 aliphatic rings. The van der Waals surface area contributed by atoms with Crippen LogP contribution in [0, 0.1) is 13.8 Å². The Kier molecular flexibility index (Phi) is 6.03. The highest BCUT2D eigenvalue weighted by molar-refractivity contribution is 6.02. The summed E-state index contributed by atoms with van der Waals surface area (Å²) in [4.78, 5) is 39.6. The molecule has 1 aromatic heterocycles. The first-order valence-corrected chi connectivity index (χ1v) is 8.79. The second-order valence-electron chi connectivity index (χ2n) is 6.28. The van der Waals surface area contributed by atoms with Gasteiger partial charge in [-0.3, -0.25) is 10.1 Å². The Morgan fingerprint density at radius 1 is 1.14 bits per heavy atom. The first-order chi connectivity index (χ1) is 13.9. The van der Waals surface area contributed by atoms with Crippen LogP contribution < -0.4 is 10.6 Å². The Balaban J connectivity index is 1.45. The highest BCUT2D eigenvalue weighted by Gasteiger charge is 2.11. The van der Waals surface area contributed by atoms with Gasteiger partial charge in [-0.2, -0.15) is 0 Å². The fraction of sp³-hybridized carbons (Fsp3) is 0.143. The van der Waals surface area contributed by atoms with Gasteiger partial charge in [0, 0.05) is 17.8 Å². The summed E-state index contributed by atoms with van der Waals surface area (Å²) in [5, 5.41) is 4.67. The fourth-order valence-electron chi connectivity index (χ4n) is 2.56. The summed E-state index contributed by atoms with van der Waals surface area (Å²) in [5.74, 6) is -1.28. The van der Waals surface area contributed by atoms with E-state index >= 15 is 0 Å². The number of hydrogen-bond acceptors (Lipinski definition) is 6. The molecule has 29 heavy (non-hydrogen) atoms. The van der Waals surface area contributed by atoms with Gasteiger partial charge in [-0.25, -0.2) is 14.6 Å². The lowest BCUT2D eigenvalue weighted by Gasteiger charge is -2.09. The molecule has 1 heterocycles. The van der Waals surface area contributed by atoms with Crippen molar-refractivity contribution in [2.24, 2.45) is 0 Å². The van der Waals surface area contributed by atoms with E-state index in [1.54, 1.807) is 18.2 Å². The number of oxazole rings is 1. The van der Waals surface area contributed by atoms with Crippen LogP contribution in [0.1, 0.15) is 17.0 Å². The molecular weight excluding hydrogens is 374 g/mol. The number of carbonyl (C=O) groups is 3. The van der Waals surface area contributed by atoms with Gasteiger partial charge in [0.2, 0.25) is 5.89 Å². The van der Waals surface area contributed by atoms with Crippen molar-refractivity contribution in [3.05, 3.63) is 65.6 Å². The van der Waals surface area contributed by atoms with E-state index in [0.29, 0.717) is 16.8 Å². The minimum absolute atomic E-state index is 0.237. The summed E-state index contributed by atoms with van der Waals surface area (Å²) in [6, 6.07) is 11.9. The molecule has 0 radical (unpaired) electrons. The zero-order valence-electron chi connectivity index (χ0n) is 15.9. The summed E-state index contributed by atoms with van der Waals surface area (Å²) in [7, 11) is 0. The van der Waals surface area contributed by atoms with E-state index < -0.39 is 24.5 Å². The van der Waals surface area contributed by atoms with E-state index in [9.17, 15) is 14.4 Å². The summed E-state index contributed by atoms with van der Waals surface area (Å²) < 4.78 is 10.2. The highest BCUT2D eigenvalue weighted by atomic mass is 16.5. The molecule has 0 spiro atoms. The van der Waals surface area contributed by atoms with Gasteiger partial charge in [-0.05, 0) is 37.6 Å². The number of ether oxygens (including phenoxy) is 1. The molecule has 2 N–H and O–H groups in total. The van der Waals surface area contributed by atoms with Gasteiger partial charge in [0.1, 0.15) is 5.52 Å². The number of benzene rings is 2. The topological polar surface area (TPSA) is 111 Å². The van der Waals surface area contributed by atoms with Crippen LogP contribution in [-0.4, -0.2) is 29.5 Å². The molecule has 0 atom stereocenters. The Morgan fingerprint density at radius 3 is 2.69 bits per heavy atom. The molecule has 0 aliphatic carbocycles. The SMILES string of the molecule is Cc1ccc(NC(=O)NC(=O)COC(=O)/C=C/c2nc3ccccc3o2)c(C)c1. The van der Waals surface area contributed by atoms with E-state index in [1.165, 1.54) is 6.08 Å². The molecule has 0 fully saturated rings. The number of carbonyl (C=O) groups excluding carboxylic acids is 3. The molecule has 0 aliphatic heterocycles. The molecule has 0 unspecified atom stereocenters. The smallest absolute Gasteiger partial charge is 0.331 e. The van der Waals surface area contributed by atoms with Crippen LogP contribution in [0.3, 0.4) is 0 Å². The first kappa shape index (κ1) is 19.8. The number of amides is 3. The normalized spacial score (nSPS) is 10.8.